The van der Waals surface area contributed by atoms with E-state index in [0.717, 1.165) is 16.7 Å². The van der Waals surface area contributed by atoms with Crippen LogP contribution in [0, 0.1) is 0 Å². The number of esters is 1. The molecule has 3 atom stereocenters. The van der Waals surface area contributed by atoms with Gasteiger partial charge < -0.3 is 40.6 Å². The van der Waals surface area contributed by atoms with Crippen LogP contribution in [-0.2, 0) is 38.2 Å². The minimum atomic E-state index is -1.88. The molecule has 6 N–H and O–H groups in total. The van der Waals surface area contributed by atoms with Gasteiger partial charge in [-0.15, -0.1) is 11.8 Å². The number of phenols is 1. The van der Waals surface area contributed by atoms with E-state index < -0.39 is 59.2 Å². The van der Waals surface area contributed by atoms with Crippen molar-refractivity contribution in [2.45, 2.75) is 36.4 Å². The van der Waals surface area contributed by atoms with E-state index in [9.17, 15) is 34.2 Å². The lowest BCUT2D eigenvalue weighted by atomic mass is 9.97. The predicted molar refractivity (Wildman–Crippen MR) is 139 cm³/mol. The number of carbonyl (C=O) groups excluding carboxylic acids is 3. The van der Waals surface area contributed by atoms with Gasteiger partial charge >= 0.3 is 17.9 Å². The first-order valence-electron chi connectivity index (χ1n) is 11.9. The number of hydrogen-bond acceptors (Lipinski definition) is 11. The normalized spacial score (nSPS) is 21.2. The van der Waals surface area contributed by atoms with Gasteiger partial charge in [0.05, 0.1) is 13.2 Å². The number of amides is 2. The third-order valence-electron chi connectivity index (χ3n) is 6.18. The first kappa shape index (κ1) is 30.5. The maximum atomic E-state index is 13.2. The second kappa shape index (κ2) is 12.8. The molecule has 1 saturated heterocycles. The Morgan fingerprint density at radius 1 is 1.23 bits per heavy atom. The number of aliphatic carboxylic acids is 2. The van der Waals surface area contributed by atoms with Gasteiger partial charge in [-0.2, -0.15) is 0 Å². The highest BCUT2D eigenvalue weighted by atomic mass is 32.2. The largest absolute Gasteiger partial charge is 0.508 e. The van der Waals surface area contributed by atoms with Crippen molar-refractivity contribution in [2.24, 2.45) is 5.73 Å². The van der Waals surface area contributed by atoms with Crippen LogP contribution < -0.4 is 11.1 Å². The van der Waals surface area contributed by atoms with Crippen molar-refractivity contribution in [1.29, 1.82) is 0 Å². The number of methoxy groups -OCH3 is 2. The highest BCUT2D eigenvalue weighted by molar-refractivity contribution is 8.00. The molecule has 0 spiro atoms. The number of carbonyl (C=O) groups is 5. The SMILES string of the molecule is COC(=Cc1ccc(O)cc1)C(=O)OCC1=C(C(=O)O)N2C(=O)C(NC(=O)C(N)CCCC(=O)O)(OC)[C@@H]2SC1. The highest BCUT2D eigenvalue weighted by Gasteiger charge is 2.66. The molecule has 40 heavy (non-hydrogen) atoms. The lowest BCUT2D eigenvalue weighted by molar-refractivity contribution is -0.192. The highest BCUT2D eigenvalue weighted by Crippen LogP contribution is 2.46. The van der Waals surface area contributed by atoms with Gasteiger partial charge in [-0.25, -0.2) is 9.59 Å². The molecule has 2 amide bonds. The Bertz CT molecular complexity index is 1250. The van der Waals surface area contributed by atoms with Gasteiger partial charge in [0, 0.05) is 24.9 Å². The second-order valence-corrected chi connectivity index (χ2v) is 9.87. The maximum Gasteiger partial charge on any atom is 0.373 e. The molecule has 0 aliphatic carbocycles. The van der Waals surface area contributed by atoms with Gasteiger partial charge in [0.25, 0.3) is 11.6 Å². The number of rotatable bonds is 13. The number of thioether (sulfide) groups is 1. The van der Waals surface area contributed by atoms with Crippen LogP contribution in [0.15, 0.2) is 41.3 Å². The molecule has 1 aromatic rings. The second-order valence-electron chi connectivity index (χ2n) is 8.80. The average molecular weight is 580 g/mol. The number of carboxylic acids is 2. The van der Waals surface area contributed by atoms with Crippen LogP contribution in [0.3, 0.4) is 0 Å². The average Bonchev–Trinajstić information content (AvgIpc) is 2.92. The predicted octanol–water partition coefficient (Wildman–Crippen LogP) is 0.218. The van der Waals surface area contributed by atoms with Crippen LogP contribution >= 0.6 is 11.8 Å². The summed E-state index contributed by atoms with van der Waals surface area (Å²) in [4.78, 5) is 62.2. The first-order valence-corrected chi connectivity index (χ1v) is 13.0. The van der Waals surface area contributed by atoms with E-state index in [1.54, 1.807) is 12.1 Å². The summed E-state index contributed by atoms with van der Waals surface area (Å²) < 4.78 is 15.7. The molecule has 14 nitrogen and oxygen atoms in total. The maximum absolute atomic E-state index is 13.2. The molecule has 0 bridgehead atoms. The smallest absolute Gasteiger partial charge is 0.373 e. The van der Waals surface area contributed by atoms with E-state index in [2.05, 4.69) is 5.32 Å². The number of nitrogens with one attached hydrogen (secondary N) is 1. The standard InChI is InChI=1S/C25H29N3O11S/c1-37-17(10-13-6-8-15(29)9-7-13)22(35)39-11-14-12-40-24-25(38-2,23(36)28(24)19(14)21(33)34)27-20(32)16(26)4-3-5-18(30)31/h6-10,16,24,29H,3-5,11-12,26H2,1-2H3,(H,27,32)(H,30,31)(H,33,34)/t16?,24-,25?/m0/s1. The fourth-order valence-corrected chi connectivity index (χ4v) is 5.50. The molecule has 2 unspecified atom stereocenters. The van der Waals surface area contributed by atoms with Gasteiger partial charge in [-0.1, -0.05) is 12.1 Å². The molecule has 0 saturated carbocycles. The summed E-state index contributed by atoms with van der Waals surface area (Å²) in [6.07, 6.45) is 1.39. The number of ether oxygens (including phenoxy) is 3. The number of benzene rings is 1. The Kier molecular flexibility index (Phi) is 9.78. The van der Waals surface area contributed by atoms with E-state index >= 15 is 0 Å². The van der Waals surface area contributed by atoms with Gasteiger partial charge in [0.15, 0.2) is 0 Å². The Morgan fingerprint density at radius 2 is 1.90 bits per heavy atom. The Morgan fingerprint density at radius 3 is 2.48 bits per heavy atom. The Labute approximate surface area is 232 Å². The van der Waals surface area contributed by atoms with E-state index in [4.69, 9.17) is 25.1 Å². The summed E-state index contributed by atoms with van der Waals surface area (Å²) in [5.74, 6) is -5.09. The molecule has 216 valence electrons. The van der Waals surface area contributed by atoms with E-state index in [0.29, 0.717) is 5.56 Å². The van der Waals surface area contributed by atoms with Gasteiger partial charge in [-0.05, 0) is 36.6 Å². The number of fused-ring (bicyclic) bond motifs is 1. The summed E-state index contributed by atoms with van der Waals surface area (Å²) in [6.45, 7) is -0.457. The van der Waals surface area contributed by atoms with Gasteiger partial charge in [-0.3, -0.25) is 19.3 Å². The molecule has 2 heterocycles. The molecule has 3 rings (SSSR count). The third-order valence-corrected chi connectivity index (χ3v) is 7.55. The summed E-state index contributed by atoms with van der Waals surface area (Å²) in [5.41, 5.74) is 4.23. The van der Waals surface area contributed by atoms with E-state index in [-0.39, 0.29) is 42.1 Å². The van der Waals surface area contributed by atoms with Crippen LogP contribution in [0.1, 0.15) is 24.8 Å². The van der Waals surface area contributed by atoms with Crippen molar-refractivity contribution in [3.05, 3.63) is 46.9 Å². The van der Waals surface area contributed by atoms with Crippen LogP contribution in [0.25, 0.3) is 6.08 Å². The molecular weight excluding hydrogens is 550 g/mol. The van der Waals surface area contributed by atoms with Crippen LogP contribution in [-0.4, -0.2) is 93.7 Å². The number of nitrogens with two attached hydrogens (primary N) is 1. The molecule has 0 aromatic heterocycles. The summed E-state index contributed by atoms with van der Waals surface area (Å²) >= 11 is 1.09. The van der Waals surface area contributed by atoms with Crippen molar-refractivity contribution < 1.29 is 53.5 Å². The van der Waals surface area contributed by atoms with Crippen molar-refractivity contribution in [3.63, 3.8) is 0 Å². The Balaban J connectivity index is 1.73. The lowest BCUT2D eigenvalue weighted by Gasteiger charge is -2.55. The zero-order chi connectivity index (χ0) is 29.6. The summed E-state index contributed by atoms with van der Waals surface area (Å²) in [5, 5.41) is 29.6. The van der Waals surface area contributed by atoms with Crippen molar-refractivity contribution in [2.75, 3.05) is 26.6 Å². The zero-order valence-corrected chi connectivity index (χ0v) is 22.4. The third kappa shape index (κ3) is 6.38. The molecule has 15 heteroatoms. The number of β-lactam (4-membered cyclic amide) rings is 1. The molecular formula is C25H29N3O11S. The molecule has 2 aliphatic rings. The number of hydrogen-bond donors (Lipinski definition) is 5. The molecule has 0 radical (unpaired) electrons. The topological polar surface area (TPSA) is 215 Å². The Hall–Kier alpha value is -4.08. The fraction of sp³-hybridized carbons (Fsp3) is 0.400. The van der Waals surface area contributed by atoms with Crippen molar-refractivity contribution in [3.8, 4) is 5.75 Å². The van der Waals surface area contributed by atoms with Gasteiger partial charge in [0.1, 0.15) is 23.4 Å². The monoisotopic (exact) mass is 579 g/mol. The lowest BCUT2D eigenvalue weighted by Crippen LogP contribution is -2.81. The molecule has 2 aliphatic heterocycles. The van der Waals surface area contributed by atoms with Crippen LogP contribution in [0.5, 0.6) is 5.75 Å². The number of aromatic hydroxyl groups is 1. The summed E-state index contributed by atoms with van der Waals surface area (Å²) in [6, 6.07) is 4.82. The van der Waals surface area contributed by atoms with Crippen LogP contribution in [0.2, 0.25) is 0 Å². The zero-order valence-electron chi connectivity index (χ0n) is 21.6. The van der Waals surface area contributed by atoms with Crippen molar-refractivity contribution in [1.82, 2.24) is 10.2 Å². The van der Waals surface area contributed by atoms with Crippen molar-refractivity contribution >= 4 is 47.6 Å². The van der Waals surface area contributed by atoms with Gasteiger partial charge in [0.2, 0.25) is 11.7 Å². The quantitative estimate of drug-likeness (QED) is 0.0696. The fourth-order valence-electron chi connectivity index (χ4n) is 4.08. The van der Waals surface area contributed by atoms with E-state index in [1.807, 2.05) is 0 Å². The number of nitrogens with zero attached hydrogens (tertiary/aromatic N) is 1. The first-order chi connectivity index (χ1) is 18.9. The summed E-state index contributed by atoms with van der Waals surface area (Å²) in [7, 11) is 2.44. The van der Waals surface area contributed by atoms with E-state index in [1.165, 1.54) is 32.4 Å². The minimum absolute atomic E-state index is 0.0268. The molecule has 1 aromatic carbocycles. The number of phenolic OH excluding ortho intramolecular Hbond substituents is 1. The van der Waals surface area contributed by atoms with Crippen LogP contribution in [0.4, 0.5) is 0 Å². The molecule has 1 fully saturated rings. The minimum Gasteiger partial charge on any atom is -0.508 e. The number of carboxylic acid groups (broad SMARTS) is 2.